The fourth-order valence-electron chi connectivity index (χ4n) is 3.30. The Bertz CT molecular complexity index is 384. The predicted octanol–water partition coefficient (Wildman–Crippen LogP) is 3.18. The van der Waals surface area contributed by atoms with Crippen molar-refractivity contribution in [2.24, 2.45) is 5.92 Å². The van der Waals surface area contributed by atoms with Gasteiger partial charge in [0.25, 0.3) is 0 Å². The molecule has 2 heterocycles. The standard InChI is InChI=1S/C14H23N3O/c1-2-10-6-7-11(9-10)13-16-14(18-17-13)12-5-3-4-8-15-12/h10-12,15H,2-9H2,1H3. The summed E-state index contributed by atoms with van der Waals surface area (Å²) in [6.45, 7) is 3.35. The lowest BCUT2D eigenvalue weighted by molar-refractivity contribution is 0.295. The second-order valence-corrected chi connectivity index (χ2v) is 5.78. The summed E-state index contributed by atoms with van der Waals surface area (Å²) in [7, 11) is 0. The molecular formula is C14H23N3O. The zero-order valence-electron chi connectivity index (χ0n) is 11.2. The zero-order valence-corrected chi connectivity index (χ0v) is 11.2. The van der Waals surface area contributed by atoms with E-state index in [1.165, 1.54) is 38.5 Å². The first-order chi connectivity index (χ1) is 8.86. The van der Waals surface area contributed by atoms with E-state index in [0.29, 0.717) is 12.0 Å². The largest absolute Gasteiger partial charge is 0.338 e. The lowest BCUT2D eigenvalue weighted by Gasteiger charge is -2.19. The topological polar surface area (TPSA) is 51.0 Å². The van der Waals surface area contributed by atoms with E-state index in [-0.39, 0.29) is 0 Å². The Morgan fingerprint density at radius 2 is 2.22 bits per heavy atom. The van der Waals surface area contributed by atoms with E-state index < -0.39 is 0 Å². The van der Waals surface area contributed by atoms with Crippen LogP contribution in [0.2, 0.25) is 0 Å². The number of aromatic nitrogens is 2. The summed E-state index contributed by atoms with van der Waals surface area (Å²) < 4.78 is 5.46. The first-order valence-electron chi connectivity index (χ1n) is 7.43. The van der Waals surface area contributed by atoms with Gasteiger partial charge in [0.2, 0.25) is 5.89 Å². The molecule has 3 atom stereocenters. The molecule has 1 aromatic rings. The highest BCUT2D eigenvalue weighted by Crippen LogP contribution is 2.38. The maximum Gasteiger partial charge on any atom is 0.243 e. The van der Waals surface area contributed by atoms with Gasteiger partial charge in [-0.15, -0.1) is 0 Å². The first-order valence-corrected chi connectivity index (χ1v) is 7.43. The lowest BCUT2D eigenvalue weighted by Crippen LogP contribution is -2.27. The van der Waals surface area contributed by atoms with E-state index in [4.69, 9.17) is 4.52 Å². The molecule has 1 N–H and O–H groups in total. The van der Waals surface area contributed by atoms with Crippen molar-refractivity contribution in [1.29, 1.82) is 0 Å². The van der Waals surface area contributed by atoms with E-state index in [0.717, 1.165) is 30.6 Å². The second-order valence-electron chi connectivity index (χ2n) is 5.78. The normalized spacial score (nSPS) is 32.8. The number of piperidine rings is 1. The molecule has 1 aliphatic heterocycles. The van der Waals surface area contributed by atoms with Gasteiger partial charge in [-0.25, -0.2) is 0 Å². The highest BCUT2D eigenvalue weighted by atomic mass is 16.5. The van der Waals surface area contributed by atoms with Crippen molar-refractivity contribution in [3.05, 3.63) is 11.7 Å². The SMILES string of the molecule is CCC1CCC(c2noc(C3CCCCN3)n2)C1. The third kappa shape index (κ3) is 2.44. The Labute approximate surface area is 109 Å². The average Bonchev–Trinajstić information content (AvgIpc) is 3.08. The fourth-order valence-corrected chi connectivity index (χ4v) is 3.30. The quantitative estimate of drug-likeness (QED) is 0.894. The summed E-state index contributed by atoms with van der Waals surface area (Å²) >= 11 is 0. The van der Waals surface area contributed by atoms with E-state index in [2.05, 4.69) is 22.4 Å². The van der Waals surface area contributed by atoms with Crippen LogP contribution in [0.3, 0.4) is 0 Å². The summed E-state index contributed by atoms with van der Waals surface area (Å²) in [5.41, 5.74) is 0. The Kier molecular flexibility index (Phi) is 3.64. The van der Waals surface area contributed by atoms with Crippen molar-refractivity contribution >= 4 is 0 Å². The van der Waals surface area contributed by atoms with Crippen LogP contribution in [-0.2, 0) is 0 Å². The van der Waals surface area contributed by atoms with Crippen LogP contribution in [-0.4, -0.2) is 16.7 Å². The maximum absolute atomic E-state index is 5.46. The monoisotopic (exact) mass is 249 g/mol. The van der Waals surface area contributed by atoms with Crippen LogP contribution in [0.1, 0.15) is 75.5 Å². The van der Waals surface area contributed by atoms with Gasteiger partial charge in [-0.3, -0.25) is 0 Å². The highest BCUT2D eigenvalue weighted by Gasteiger charge is 2.29. The van der Waals surface area contributed by atoms with Crippen LogP contribution < -0.4 is 5.32 Å². The molecule has 0 amide bonds. The molecule has 0 aromatic carbocycles. The minimum Gasteiger partial charge on any atom is -0.338 e. The molecule has 2 aliphatic rings. The van der Waals surface area contributed by atoms with E-state index >= 15 is 0 Å². The van der Waals surface area contributed by atoms with Crippen LogP contribution in [0.4, 0.5) is 0 Å². The van der Waals surface area contributed by atoms with Gasteiger partial charge in [-0.05, 0) is 44.6 Å². The lowest BCUT2D eigenvalue weighted by atomic mass is 10.0. The minimum atomic E-state index is 0.295. The van der Waals surface area contributed by atoms with Gasteiger partial charge < -0.3 is 9.84 Å². The van der Waals surface area contributed by atoms with Crippen LogP contribution in [0, 0.1) is 5.92 Å². The molecule has 18 heavy (non-hydrogen) atoms. The highest BCUT2D eigenvalue weighted by molar-refractivity contribution is 5.02. The number of hydrogen-bond acceptors (Lipinski definition) is 4. The summed E-state index contributed by atoms with van der Waals surface area (Å²) in [6.07, 6.45) is 8.74. The molecule has 0 bridgehead atoms. The van der Waals surface area contributed by atoms with Crippen molar-refractivity contribution < 1.29 is 4.52 Å². The second kappa shape index (κ2) is 5.39. The molecule has 0 spiro atoms. The predicted molar refractivity (Wildman–Crippen MR) is 69.3 cm³/mol. The van der Waals surface area contributed by atoms with Crippen LogP contribution >= 0.6 is 0 Å². The van der Waals surface area contributed by atoms with Crippen molar-refractivity contribution in [1.82, 2.24) is 15.5 Å². The van der Waals surface area contributed by atoms with Gasteiger partial charge in [0.15, 0.2) is 5.82 Å². The molecule has 3 unspecified atom stereocenters. The molecule has 4 heteroatoms. The van der Waals surface area contributed by atoms with E-state index in [9.17, 15) is 0 Å². The Morgan fingerprint density at radius 1 is 1.28 bits per heavy atom. The van der Waals surface area contributed by atoms with Crippen molar-refractivity contribution in [3.8, 4) is 0 Å². The summed E-state index contributed by atoms with van der Waals surface area (Å²) in [4.78, 5) is 4.64. The molecular weight excluding hydrogens is 226 g/mol. The Morgan fingerprint density at radius 3 is 2.94 bits per heavy atom. The molecule has 4 nitrogen and oxygen atoms in total. The summed E-state index contributed by atoms with van der Waals surface area (Å²) in [6, 6.07) is 0.295. The van der Waals surface area contributed by atoms with Gasteiger partial charge >= 0.3 is 0 Å². The van der Waals surface area contributed by atoms with Gasteiger partial charge in [0, 0.05) is 5.92 Å². The summed E-state index contributed by atoms with van der Waals surface area (Å²) in [5.74, 6) is 3.17. The maximum atomic E-state index is 5.46. The first kappa shape index (κ1) is 12.2. The average molecular weight is 249 g/mol. The van der Waals surface area contributed by atoms with Gasteiger partial charge in [-0.1, -0.05) is 24.9 Å². The Hall–Kier alpha value is -0.900. The molecule has 1 aliphatic carbocycles. The third-order valence-electron chi connectivity index (χ3n) is 4.55. The molecule has 100 valence electrons. The number of hydrogen-bond donors (Lipinski definition) is 1. The minimum absolute atomic E-state index is 0.295. The Balaban J connectivity index is 1.66. The zero-order chi connectivity index (χ0) is 12.4. The number of nitrogens with zero attached hydrogens (tertiary/aromatic N) is 2. The van der Waals surface area contributed by atoms with Crippen molar-refractivity contribution in [3.63, 3.8) is 0 Å². The van der Waals surface area contributed by atoms with Crippen molar-refractivity contribution in [2.75, 3.05) is 6.54 Å². The molecule has 1 saturated heterocycles. The molecule has 1 aromatic heterocycles. The molecule has 0 radical (unpaired) electrons. The molecule has 2 fully saturated rings. The number of nitrogens with one attached hydrogen (secondary N) is 1. The third-order valence-corrected chi connectivity index (χ3v) is 4.55. The van der Waals surface area contributed by atoms with E-state index in [1.807, 2.05) is 0 Å². The van der Waals surface area contributed by atoms with Gasteiger partial charge in [-0.2, -0.15) is 4.98 Å². The smallest absolute Gasteiger partial charge is 0.243 e. The van der Waals surface area contributed by atoms with Crippen LogP contribution in [0.15, 0.2) is 4.52 Å². The van der Waals surface area contributed by atoms with Gasteiger partial charge in [0.05, 0.1) is 6.04 Å². The van der Waals surface area contributed by atoms with E-state index in [1.54, 1.807) is 0 Å². The van der Waals surface area contributed by atoms with Crippen LogP contribution in [0.25, 0.3) is 0 Å². The van der Waals surface area contributed by atoms with Crippen LogP contribution in [0.5, 0.6) is 0 Å². The number of rotatable bonds is 3. The fraction of sp³-hybridized carbons (Fsp3) is 0.857. The molecule has 1 saturated carbocycles. The van der Waals surface area contributed by atoms with Gasteiger partial charge in [0.1, 0.15) is 0 Å². The summed E-state index contributed by atoms with van der Waals surface area (Å²) in [5, 5.41) is 7.68. The molecule has 3 rings (SSSR count). The van der Waals surface area contributed by atoms with Crippen molar-refractivity contribution in [2.45, 2.75) is 63.8 Å².